The van der Waals surface area contributed by atoms with Crippen molar-refractivity contribution in [2.24, 2.45) is 7.05 Å². The second kappa shape index (κ2) is 7.35. The molecule has 4 rings (SSSR count). The summed E-state index contributed by atoms with van der Waals surface area (Å²) >= 11 is 0. The number of aromatic nitrogens is 2. The minimum atomic E-state index is -0.235. The molecule has 2 fully saturated rings. The summed E-state index contributed by atoms with van der Waals surface area (Å²) in [5, 5.41) is 3.42. The Morgan fingerprint density at radius 1 is 1.33 bits per heavy atom. The van der Waals surface area contributed by atoms with Crippen LogP contribution in [0.5, 0.6) is 5.75 Å². The average Bonchev–Trinajstić information content (AvgIpc) is 3.16. The zero-order chi connectivity index (χ0) is 18.9. The van der Waals surface area contributed by atoms with Gasteiger partial charge in [-0.15, -0.1) is 0 Å². The maximum absolute atomic E-state index is 12.5. The van der Waals surface area contributed by atoms with Gasteiger partial charge in [0.15, 0.2) is 0 Å². The van der Waals surface area contributed by atoms with Gasteiger partial charge in [-0.05, 0) is 18.9 Å². The van der Waals surface area contributed by atoms with E-state index in [0.717, 1.165) is 44.6 Å². The molecule has 144 valence electrons. The fourth-order valence-corrected chi connectivity index (χ4v) is 4.75. The molecule has 2 aromatic rings. The van der Waals surface area contributed by atoms with E-state index in [1.165, 1.54) is 11.3 Å². The third-order valence-corrected chi connectivity index (χ3v) is 6.10. The van der Waals surface area contributed by atoms with Gasteiger partial charge in [0.05, 0.1) is 24.7 Å². The molecule has 2 saturated heterocycles. The number of hydrogen-bond acceptors (Lipinski definition) is 4. The molecule has 2 atom stereocenters. The van der Waals surface area contributed by atoms with Crippen molar-refractivity contribution in [3.05, 3.63) is 48.0 Å². The maximum Gasteiger partial charge on any atom is 0.220 e. The predicted molar refractivity (Wildman–Crippen MR) is 104 cm³/mol. The van der Waals surface area contributed by atoms with E-state index in [1.807, 2.05) is 31.7 Å². The number of imidazole rings is 1. The highest BCUT2D eigenvalue weighted by molar-refractivity contribution is 5.77. The van der Waals surface area contributed by atoms with E-state index in [0.29, 0.717) is 6.42 Å². The molecule has 1 aromatic carbocycles. The van der Waals surface area contributed by atoms with Crippen LogP contribution in [0.25, 0.3) is 0 Å². The molecule has 6 nitrogen and oxygen atoms in total. The van der Waals surface area contributed by atoms with E-state index < -0.39 is 0 Å². The molecule has 1 aromatic heterocycles. The first-order valence-electron chi connectivity index (χ1n) is 9.73. The first-order valence-corrected chi connectivity index (χ1v) is 9.73. The van der Waals surface area contributed by atoms with E-state index in [-0.39, 0.29) is 17.4 Å². The largest absolute Gasteiger partial charge is 0.496 e. The number of nitrogens with one attached hydrogen (secondary N) is 1. The molecule has 1 amide bonds. The van der Waals surface area contributed by atoms with Crippen LogP contribution >= 0.6 is 0 Å². The Bertz CT molecular complexity index is 818. The number of amides is 1. The Morgan fingerprint density at radius 2 is 2.19 bits per heavy atom. The molecule has 3 heterocycles. The molecule has 1 spiro atoms. The van der Waals surface area contributed by atoms with Crippen molar-refractivity contribution < 1.29 is 9.53 Å². The Labute approximate surface area is 160 Å². The van der Waals surface area contributed by atoms with Gasteiger partial charge in [-0.25, -0.2) is 4.98 Å². The number of likely N-dealkylation sites (tertiary alicyclic amines) is 1. The molecule has 0 bridgehead atoms. The van der Waals surface area contributed by atoms with Crippen LogP contribution in [0.4, 0.5) is 0 Å². The van der Waals surface area contributed by atoms with Crippen molar-refractivity contribution in [3.8, 4) is 5.75 Å². The summed E-state index contributed by atoms with van der Waals surface area (Å²) in [7, 11) is 3.75. The second-order valence-corrected chi connectivity index (χ2v) is 7.87. The van der Waals surface area contributed by atoms with Crippen LogP contribution in [0.15, 0.2) is 36.8 Å². The Kier molecular flexibility index (Phi) is 4.91. The third-order valence-electron chi connectivity index (χ3n) is 6.10. The van der Waals surface area contributed by atoms with Gasteiger partial charge < -0.3 is 14.6 Å². The fraction of sp³-hybridized carbons (Fsp3) is 0.524. The Morgan fingerprint density at radius 3 is 2.96 bits per heavy atom. The van der Waals surface area contributed by atoms with Crippen LogP contribution in [0.1, 0.15) is 42.9 Å². The molecule has 0 aliphatic carbocycles. The summed E-state index contributed by atoms with van der Waals surface area (Å²) in [6.45, 7) is 2.58. The van der Waals surface area contributed by atoms with E-state index in [4.69, 9.17) is 4.74 Å². The van der Waals surface area contributed by atoms with E-state index in [1.54, 1.807) is 7.11 Å². The highest BCUT2D eigenvalue weighted by Crippen LogP contribution is 2.44. The van der Waals surface area contributed by atoms with Crippen LogP contribution in [-0.2, 0) is 18.4 Å². The second-order valence-electron chi connectivity index (χ2n) is 7.87. The standard InChI is InChI=1S/C21H28N4O2/c1-24-15-22-11-16(24)12-25-13-18(17-7-3-4-8-19(17)27-2)21(14-25)10-6-5-9-20(26)23-21/h3-4,7-8,11,15,18H,5-6,9-10,12-14H2,1-2H3,(H,23,26)/t18-,21+/m0/s1. The van der Waals surface area contributed by atoms with Gasteiger partial charge in [0.25, 0.3) is 0 Å². The molecule has 1 N–H and O–H groups in total. The number of para-hydroxylation sites is 1. The minimum Gasteiger partial charge on any atom is -0.496 e. The number of methoxy groups -OCH3 is 1. The summed E-state index contributed by atoms with van der Waals surface area (Å²) in [5.41, 5.74) is 2.14. The fourth-order valence-electron chi connectivity index (χ4n) is 4.75. The lowest BCUT2D eigenvalue weighted by atomic mass is 9.78. The summed E-state index contributed by atoms with van der Waals surface area (Å²) < 4.78 is 7.73. The lowest BCUT2D eigenvalue weighted by Crippen LogP contribution is -2.52. The Balaban J connectivity index is 1.69. The van der Waals surface area contributed by atoms with Crippen molar-refractivity contribution in [1.82, 2.24) is 19.8 Å². The average molecular weight is 368 g/mol. The third kappa shape index (κ3) is 3.46. The number of nitrogens with zero attached hydrogens (tertiary/aromatic N) is 3. The van der Waals surface area contributed by atoms with Crippen molar-refractivity contribution in [2.75, 3.05) is 20.2 Å². The molecule has 0 radical (unpaired) electrons. The van der Waals surface area contributed by atoms with Crippen LogP contribution in [0, 0.1) is 0 Å². The van der Waals surface area contributed by atoms with Gasteiger partial charge in [-0.3, -0.25) is 9.69 Å². The van der Waals surface area contributed by atoms with Crippen LogP contribution in [-0.4, -0.2) is 46.1 Å². The first kappa shape index (κ1) is 18.0. The van der Waals surface area contributed by atoms with Gasteiger partial charge in [0, 0.05) is 50.8 Å². The quantitative estimate of drug-likeness (QED) is 0.901. The number of rotatable bonds is 4. The molecule has 2 aliphatic heterocycles. The highest BCUT2D eigenvalue weighted by Gasteiger charge is 2.49. The van der Waals surface area contributed by atoms with Crippen LogP contribution in [0.2, 0.25) is 0 Å². The zero-order valence-corrected chi connectivity index (χ0v) is 16.1. The number of hydrogen-bond donors (Lipinski definition) is 1. The Hall–Kier alpha value is -2.34. The van der Waals surface area contributed by atoms with Gasteiger partial charge in [0.2, 0.25) is 5.91 Å². The van der Waals surface area contributed by atoms with Crippen molar-refractivity contribution >= 4 is 5.91 Å². The number of ether oxygens (including phenoxy) is 1. The van der Waals surface area contributed by atoms with Crippen LogP contribution in [0.3, 0.4) is 0 Å². The minimum absolute atomic E-state index is 0.176. The SMILES string of the molecule is COc1ccccc1[C@@H]1CN(Cc2cncn2C)C[C@]12CCCCC(=O)N2. The molecule has 6 heteroatoms. The summed E-state index contributed by atoms with van der Waals surface area (Å²) in [6.07, 6.45) is 7.43. The van der Waals surface area contributed by atoms with Crippen molar-refractivity contribution in [1.29, 1.82) is 0 Å². The highest BCUT2D eigenvalue weighted by atomic mass is 16.5. The molecular weight excluding hydrogens is 340 g/mol. The van der Waals surface area contributed by atoms with Crippen molar-refractivity contribution in [2.45, 2.75) is 43.7 Å². The van der Waals surface area contributed by atoms with Crippen molar-refractivity contribution in [3.63, 3.8) is 0 Å². The summed E-state index contributed by atoms with van der Waals surface area (Å²) in [5.74, 6) is 1.29. The van der Waals surface area contributed by atoms with E-state index in [2.05, 4.69) is 31.9 Å². The molecule has 2 aliphatic rings. The monoisotopic (exact) mass is 368 g/mol. The van der Waals surface area contributed by atoms with Gasteiger partial charge in [-0.2, -0.15) is 0 Å². The van der Waals surface area contributed by atoms with Gasteiger partial charge in [-0.1, -0.05) is 24.6 Å². The van der Waals surface area contributed by atoms with Gasteiger partial charge >= 0.3 is 0 Å². The van der Waals surface area contributed by atoms with E-state index >= 15 is 0 Å². The lowest BCUT2D eigenvalue weighted by Gasteiger charge is -2.35. The molecular formula is C21H28N4O2. The number of benzene rings is 1. The summed E-state index contributed by atoms with van der Waals surface area (Å²) in [6, 6.07) is 8.23. The van der Waals surface area contributed by atoms with E-state index in [9.17, 15) is 4.79 Å². The zero-order valence-electron chi connectivity index (χ0n) is 16.1. The molecule has 0 saturated carbocycles. The summed E-state index contributed by atoms with van der Waals surface area (Å²) in [4.78, 5) is 19.2. The van der Waals surface area contributed by atoms with Gasteiger partial charge in [0.1, 0.15) is 5.75 Å². The first-order chi connectivity index (χ1) is 13.1. The van der Waals surface area contributed by atoms with Crippen LogP contribution < -0.4 is 10.1 Å². The number of carbonyl (C=O) groups is 1. The smallest absolute Gasteiger partial charge is 0.220 e. The maximum atomic E-state index is 12.5. The number of aryl methyl sites for hydroxylation is 1. The normalized spacial score (nSPS) is 26.1. The molecule has 27 heavy (non-hydrogen) atoms. The topological polar surface area (TPSA) is 59.4 Å². The predicted octanol–water partition coefficient (Wildman–Crippen LogP) is 2.46. The lowest BCUT2D eigenvalue weighted by molar-refractivity contribution is -0.122. The molecule has 0 unspecified atom stereocenters. The number of carbonyl (C=O) groups excluding carboxylic acids is 1.